The van der Waals surface area contributed by atoms with Gasteiger partial charge in [0.05, 0.1) is 12.2 Å². The van der Waals surface area contributed by atoms with Gasteiger partial charge in [-0.2, -0.15) is 5.10 Å². The van der Waals surface area contributed by atoms with Crippen LogP contribution in [0.1, 0.15) is 29.0 Å². The molecule has 8 nitrogen and oxygen atoms in total. The molecule has 1 aliphatic rings. The van der Waals surface area contributed by atoms with Crippen molar-refractivity contribution < 1.29 is 4.79 Å². The molecule has 3 aromatic rings. The van der Waals surface area contributed by atoms with E-state index in [0.29, 0.717) is 11.5 Å². The van der Waals surface area contributed by atoms with E-state index in [1.807, 2.05) is 54.5 Å². The van der Waals surface area contributed by atoms with Crippen LogP contribution in [-0.2, 0) is 7.05 Å². The third kappa shape index (κ3) is 4.44. The number of carbonyl (C=O) groups excluding carboxylic acids is 1. The van der Waals surface area contributed by atoms with Crippen LogP contribution in [0.3, 0.4) is 0 Å². The van der Waals surface area contributed by atoms with Gasteiger partial charge in [0.1, 0.15) is 11.5 Å². The molecule has 4 rings (SSSR count). The first-order valence-electron chi connectivity index (χ1n) is 9.92. The van der Waals surface area contributed by atoms with Crippen molar-refractivity contribution in [1.29, 1.82) is 0 Å². The number of nitrogens with one attached hydrogen (secondary N) is 1. The highest BCUT2D eigenvalue weighted by Crippen LogP contribution is 2.28. The van der Waals surface area contributed by atoms with Crippen LogP contribution >= 0.6 is 11.6 Å². The molecule has 1 fully saturated rings. The number of hydrogen-bond acceptors (Lipinski definition) is 6. The van der Waals surface area contributed by atoms with E-state index in [4.69, 9.17) is 11.6 Å². The van der Waals surface area contributed by atoms with E-state index < -0.39 is 0 Å². The Morgan fingerprint density at radius 1 is 1.23 bits per heavy atom. The lowest BCUT2D eigenvalue weighted by molar-refractivity contribution is 0.102. The molecule has 30 heavy (non-hydrogen) atoms. The summed E-state index contributed by atoms with van der Waals surface area (Å²) >= 11 is 6.18. The minimum absolute atomic E-state index is 0.0570. The Morgan fingerprint density at radius 3 is 2.73 bits per heavy atom. The van der Waals surface area contributed by atoms with Crippen molar-refractivity contribution in [2.45, 2.75) is 13.0 Å². The topological polar surface area (TPSA) is 79.2 Å². The van der Waals surface area contributed by atoms with E-state index in [9.17, 15) is 4.79 Å². The minimum Gasteiger partial charge on any atom is -0.353 e. The van der Waals surface area contributed by atoms with Gasteiger partial charge < -0.3 is 10.2 Å². The van der Waals surface area contributed by atoms with Crippen molar-refractivity contribution in [3.63, 3.8) is 0 Å². The number of para-hydroxylation sites is 1. The lowest BCUT2D eigenvalue weighted by Gasteiger charge is -2.41. The van der Waals surface area contributed by atoms with Crippen LogP contribution in [0.5, 0.6) is 0 Å². The number of nitrogens with zero attached hydrogens (tertiary/aromatic N) is 6. The van der Waals surface area contributed by atoms with E-state index in [2.05, 4.69) is 37.1 Å². The zero-order valence-electron chi connectivity index (χ0n) is 17.0. The quantitative estimate of drug-likeness (QED) is 0.633. The monoisotopic (exact) mass is 425 g/mol. The largest absolute Gasteiger partial charge is 0.353 e. The lowest BCUT2D eigenvalue weighted by atomic mass is 10.1. The van der Waals surface area contributed by atoms with E-state index in [1.165, 1.54) is 0 Å². The smallest absolute Gasteiger partial charge is 0.274 e. The van der Waals surface area contributed by atoms with Gasteiger partial charge in [-0.25, -0.2) is 9.97 Å². The van der Waals surface area contributed by atoms with E-state index in [0.717, 1.165) is 31.7 Å². The SMILES string of the molecule is CCN1CCN(c2cc(C(=O)Nc3ccccc3)nc(Cl)n2)CC1c1cnn(C)c1. The molecular formula is C21H24ClN7O. The number of halogens is 1. The van der Waals surface area contributed by atoms with Crippen molar-refractivity contribution in [3.8, 4) is 0 Å². The van der Waals surface area contributed by atoms with Gasteiger partial charge >= 0.3 is 0 Å². The predicted molar refractivity (Wildman–Crippen MR) is 117 cm³/mol. The number of aryl methyl sites for hydroxylation is 1. The fourth-order valence-corrected chi connectivity index (χ4v) is 3.91. The van der Waals surface area contributed by atoms with Gasteiger partial charge in [0.15, 0.2) is 0 Å². The van der Waals surface area contributed by atoms with Crippen molar-refractivity contribution in [1.82, 2.24) is 24.6 Å². The Balaban J connectivity index is 1.56. The van der Waals surface area contributed by atoms with E-state index >= 15 is 0 Å². The summed E-state index contributed by atoms with van der Waals surface area (Å²) in [7, 11) is 1.92. The van der Waals surface area contributed by atoms with Crippen LogP contribution < -0.4 is 10.2 Å². The van der Waals surface area contributed by atoms with Gasteiger partial charge in [-0.1, -0.05) is 25.1 Å². The summed E-state index contributed by atoms with van der Waals surface area (Å²) in [5.41, 5.74) is 2.10. The molecule has 9 heteroatoms. The second-order valence-electron chi connectivity index (χ2n) is 7.24. The van der Waals surface area contributed by atoms with Crippen LogP contribution in [0.15, 0.2) is 48.8 Å². The molecule has 1 amide bonds. The van der Waals surface area contributed by atoms with Gasteiger partial charge in [0, 0.05) is 50.2 Å². The summed E-state index contributed by atoms with van der Waals surface area (Å²) in [6.07, 6.45) is 3.95. The Bertz CT molecular complexity index is 1020. The molecular weight excluding hydrogens is 402 g/mol. The van der Waals surface area contributed by atoms with Crippen molar-refractivity contribution in [2.24, 2.45) is 7.05 Å². The first-order valence-corrected chi connectivity index (χ1v) is 10.3. The number of amides is 1. The molecule has 1 saturated heterocycles. The molecule has 1 unspecified atom stereocenters. The van der Waals surface area contributed by atoms with Crippen molar-refractivity contribution >= 4 is 29.0 Å². The predicted octanol–water partition coefficient (Wildman–Crippen LogP) is 3.00. The first kappa shape index (κ1) is 20.3. The third-order valence-corrected chi connectivity index (χ3v) is 5.45. The summed E-state index contributed by atoms with van der Waals surface area (Å²) < 4.78 is 1.82. The molecule has 0 radical (unpaired) electrons. The van der Waals surface area contributed by atoms with Gasteiger partial charge in [-0.15, -0.1) is 0 Å². The molecule has 0 aliphatic carbocycles. The molecule has 1 atom stereocenters. The van der Waals surface area contributed by atoms with Gasteiger partial charge in [0.2, 0.25) is 5.28 Å². The second-order valence-corrected chi connectivity index (χ2v) is 7.58. The van der Waals surface area contributed by atoms with Crippen molar-refractivity contribution in [3.05, 3.63) is 65.3 Å². The van der Waals surface area contributed by atoms with Crippen LogP contribution in [0.25, 0.3) is 0 Å². The number of carbonyl (C=O) groups is 1. The number of anilines is 2. The lowest BCUT2D eigenvalue weighted by Crippen LogP contribution is -2.48. The zero-order valence-corrected chi connectivity index (χ0v) is 17.8. The van der Waals surface area contributed by atoms with Gasteiger partial charge in [-0.3, -0.25) is 14.4 Å². The summed E-state index contributed by atoms with van der Waals surface area (Å²) in [6.45, 7) is 5.50. The van der Waals surface area contributed by atoms with Crippen LogP contribution in [0.2, 0.25) is 5.28 Å². The molecule has 3 heterocycles. The molecule has 156 valence electrons. The van der Waals surface area contributed by atoms with Gasteiger partial charge in [0.25, 0.3) is 5.91 Å². The number of rotatable bonds is 5. The molecule has 0 bridgehead atoms. The summed E-state index contributed by atoms with van der Waals surface area (Å²) in [5, 5.41) is 7.22. The molecule has 1 aliphatic heterocycles. The molecule has 1 aromatic carbocycles. The van der Waals surface area contributed by atoms with Gasteiger partial charge in [-0.05, 0) is 30.3 Å². The van der Waals surface area contributed by atoms with Crippen LogP contribution in [-0.4, -0.2) is 56.7 Å². The number of piperazine rings is 1. The molecule has 0 spiro atoms. The second kappa shape index (κ2) is 8.81. The van der Waals surface area contributed by atoms with Crippen LogP contribution in [0, 0.1) is 0 Å². The highest BCUT2D eigenvalue weighted by Gasteiger charge is 2.29. The Kier molecular flexibility index (Phi) is 5.96. The first-order chi connectivity index (χ1) is 14.5. The highest BCUT2D eigenvalue weighted by molar-refractivity contribution is 6.28. The number of likely N-dealkylation sites (N-methyl/N-ethyl adjacent to an activating group) is 1. The Hall–Kier alpha value is -2.97. The van der Waals surface area contributed by atoms with E-state index in [1.54, 1.807) is 6.07 Å². The maximum Gasteiger partial charge on any atom is 0.274 e. The molecule has 0 saturated carbocycles. The van der Waals surface area contributed by atoms with E-state index in [-0.39, 0.29) is 22.9 Å². The minimum atomic E-state index is -0.317. The number of hydrogen-bond donors (Lipinski definition) is 1. The molecule has 2 aromatic heterocycles. The number of benzene rings is 1. The standard InChI is InChI=1S/C21H24ClN7O/c1-3-28-9-10-29(14-18(28)15-12-23-27(2)13-15)19-11-17(25-21(22)26-19)20(30)24-16-7-5-4-6-8-16/h4-8,11-13,18H,3,9-10,14H2,1-2H3,(H,24,30). The average molecular weight is 426 g/mol. The fourth-order valence-electron chi connectivity index (χ4n) is 3.74. The zero-order chi connectivity index (χ0) is 21.1. The normalized spacial score (nSPS) is 17.2. The van der Waals surface area contributed by atoms with Crippen molar-refractivity contribution in [2.75, 3.05) is 36.4 Å². The highest BCUT2D eigenvalue weighted by atomic mass is 35.5. The fraction of sp³-hybridized carbons (Fsp3) is 0.333. The maximum absolute atomic E-state index is 12.7. The third-order valence-electron chi connectivity index (χ3n) is 5.28. The summed E-state index contributed by atoms with van der Waals surface area (Å²) in [5.74, 6) is 0.334. The van der Waals surface area contributed by atoms with Crippen LogP contribution in [0.4, 0.5) is 11.5 Å². The Morgan fingerprint density at radius 2 is 2.03 bits per heavy atom. The maximum atomic E-state index is 12.7. The summed E-state index contributed by atoms with van der Waals surface area (Å²) in [6, 6.07) is 11.1. The average Bonchev–Trinajstić information content (AvgIpc) is 3.19. The Labute approximate surface area is 180 Å². The summed E-state index contributed by atoms with van der Waals surface area (Å²) in [4.78, 5) is 25.8. The molecule has 1 N–H and O–H groups in total. The number of aromatic nitrogens is 4.